The van der Waals surface area contributed by atoms with Crippen LogP contribution in [0.3, 0.4) is 0 Å². The van der Waals surface area contributed by atoms with Crippen molar-refractivity contribution in [1.82, 2.24) is 5.32 Å². The van der Waals surface area contributed by atoms with E-state index in [2.05, 4.69) is 77.0 Å². The molecule has 2 heteroatoms. The first kappa shape index (κ1) is 16.0. The van der Waals surface area contributed by atoms with Gasteiger partial charge in [-0.15, -0.1) is 0 Å². The molecular weight excluding hydrogens is 232 g/mol. The van der Waals surface area contributed by atoms with Gasteiger partial charge in [-0.05, 0) is 29.5 Å². The van der Waals surface area contributed by atoms with E-state index >= 15 is 0 Å². The average molecular weight is 262 g/mol. The Labute approximate surface area is 119 Å². The summed E-state index contributed by atoms with van der Waals surface area (Å²) in [5.41, 5.74) is 4.32. The molecule has 1 rings (SSSR count). The Morgan fingerprint density at radius 2 is 1.84 bits per heavy atom. The van der Waals surface area contributed by atoms with Crippen LogP contribution in [-0.2, 0) is 5.41 Å². The van der Waals surface area contributed by atoms with Gasteiger partial charge in [0.05, 0.1) is 0 Å². The fraction of sp³-hybridized carbons (Fsp3) is 0.647. The van der Waals surface area contributed by atoms with Crippen molar-refractivity contribution < 1.29 is 0 Å². The van der Waals surface area contributed by atoms with Crippen LogP contribution in [0.5, 0.6) is 0 Å². The predicted octanol–water partition coefficient (Wildman–Crippen LogP) is 3.73. The second-order valence-electron chi connectivity index (χ2n) is 6.78. The van der Waals surface area contributed by atoms with E-state index in [-0.39, 0.29) is 5.41 Å². The number of hydrogen-bond donors (Lipinski definition) is 1. The molecule has 0 aromatic heterocycles. The minimum absolute atomic E-state index is 0.223. The highest BCUT2D eigenvalue weighted by Gasteiger charge is 2.15. The second kappa shape index (κ2) is 6.42. The monoisotopic (exact) mass is 262 g/mol. The number of hydrogen-bond acceptors (Lipinski definition) is 2. The molecule has 0 saturated heterocycles. The zero-order valence-electron chi connectivity index (χ0n) is 13.7. The molecule has 0 spiro atoms. The van der Waals surface area contributed by atoms with E-state index in [1.54, 1.807) is 0 Å². The van der Waals surface area contributed by atoms with Crippen molar-refractivity contribution in [2.75, 3.05) is 25.0 Å². The van der Waals surface area contributed by atoms with Crippen LogP contribution in [0.4, 0.5) is 5.69 Å². The first-order valence-corrected chi connectivity index (χ1v) is 7.27. The average Bonchev–Trinajstić information content (AvgIpc) is 2.26. The zero-order valence-corrected chi connectivity index (χ0v) is 13.7. The molecular formula is C17H30N2. The number of aryl methyl sites for hydroxylation is 1. The topological polar surface area (TPSA) is 15.3 Å². The number of nitrogens with one attached hydrogen (secondary N) is 1. The molecule has 0 aliphatic rings. The molecule has 0 saturated carbocycles. The van der Waals surface area contributed by atoms with E-state index in [1.807, 2.05) is 0 Å². The lowest BCUT2D eigenvalue weighted by Gasteiger charge is -2.25. The molecule has 1 aromatic carbocycles. The van der Waals surface area contributed by atoms with E-state index in [9.17, 15) is 0 Å². The molecule has 0 radical (unpaired) electrons. The van der Waals surface area contributed by atoms with Gasteiger partial charge in [0.2, 0.25) is 0 Å². The Hall–Kier alpha value is -1.02. The third kappa shape index (κ3) is 4.87. The smallest absolute Gasteiger partial charge is 0.0393 e. The van der Waals surface area contributed by atoms with Gasteiger partial charge in [0.25, 0.3) is 0 Å². The molecule has 108 valence electrons. The van der Waals surface area contributed by atoms with Crippen molar-refractivity contribution in [2.24, 2.45) is 0 Å². The summed E-state index contributed by atoms with van der Waals surface area (Å²) in [6.07, 6.45) is 0. The molecule has 1 N–H and O–H groups in total. The van der Waals surface area contributed by atoms with E-state index in [4.69, 9.17) is 0 Å². The Bertz CT molecular complexity index is 402. The van der Waals surface area contributed by atoms with Crippen LogP contribution in [0.15, 0.2) is 18.2 Å². The number of likely N-dealkylation sites (N-methyl/N-ethyl adjacent to an activating group) is 1. The van der Waals surface area contributed by atoms with Gasteiger partial charge in [-0.25, -0.2) is 0 Å². The van der Waals surface area contributed by atoms with Crippen molar-refractivity contribution in [1.29, 1.82) is 0 Å². The van der Waals surface area contributed by atoms with Gasteiger partial charge >= 0.3 is 0 Å². The minimum Gasteiger partial charge on any atom is -0.373 e. The standard InChI is InChI=1S/C17H30N2/c1-13(2)18-10-11-19(7)16-9-8-15(12-14(16)3)17(4,5)6/h8-9,12-13,18H,10-11H2,1-7H3. The van der Waals surface area contributed by atoms with Crippen LogP contribution in [0.25, 0.3) is 0 Å². The molecule has 19 heavy (non-hydrogen) atoms. The van der Waals surface area contributed by atoms with E-state index in [0.29, 0.717) is 6.04 Å². The van der Waals surface area contributed by atoms with E-state index < -0.39 is 0 Å². The van der Waals surface area contributed by atoms with Crippen LogP contribution in [0.2, 0.25) is 0 Å². The molecule has 0 amide bonds. The molecule has 0 fully saturated rings. The fourth-order valence-corrected chi connectivity index (χ4v) is 2.19. The fourth-order valence-electron chi connectivity index (χ4n) is 2.19. The summed E-state index contributed by atoms with van der Waals surface area (Å²) >= 11 is 0. The number of nitrogens with zero attached hydrogens (tertiary/aromatic N) is 1. The van der Waals surface area contributed by atoms with Crippen molar-refractivity contribution in [3.8, 4) is 0 Å². The van der Waals surface area contributed by atoms with Crippen LogP contribution in [0, 0.1) is 6.92 Å². The van der Waals surface area contributed by atoms with Gasteiger partial charge in [-0.1, -0.05) is 46.8 Å². The maximum Gasteiger partial charge on any atom is 0.0393 e. The molecule has 0 aliphatic heterocycles. The molecule has 0 bridgehead atoms. The van der Waals surface area contributed by atoms with Crippen LogP contribution in [-0.4, -0.2) is 26.2 Å². The lowest BCUT2D eigenvalue weighted by atomic mass is 9.86. The highest BCUT2D eigenvalue weighted by molar-refractivity contribution is 5.54. The van der Waals surface area contributed by atoms with Gasteiger partial charge in [0.1, 0.15) is 0 Å². The summed E-state index contributed by atoms with van der Waals surface area (Å²) in [5, 5.41) is 3.46. The van der Waals surface area contributed by atoms with Gasteiger partial charge < -0.3 is 10.2 Å². The van der Waals surface area contributed by atoms with Gasteiger partial charge in [-0.3, -0.25) is 0 Å². The summed E-state index contributed by atoms with van der Waals surface area (Å²) in [5.74, 6) is 0. The Morgan fingerprint density at radius 3 is 2.32 bits per heavy atom. The van der Waals surface area contributed by atoms with E-state index in [1.165, 1.54) is 16.8 Å². The summed E-state index contributed by atoms with van der Waals surface area (Å²) in [4.78, 5) is 2.33. The molecule has 0 aliphatic carbocycles. The quantitative estimate of drug-likeness (QED) is 0.870. The molecule has 2 nitrogen and oxygen atoms in total. The SMILES string of the molecule is Cc1cc(C(C)(C)C)ccc1N(C)CCNC(C)C. The van der Waals surface area contributed by atoms with Crippen LogP contribution in [0.1, 0.15) is 45.7 Å². The lowest BCUT2D eigenvalue weighted by Crippen LogP contribution is -2.33. The maximum absolute atomic E-state index is 3.46. The summed E-state index contributed by atoms with van der Waals surface area (Å²) < 4.78 is 0. The Kier molecular flexibility index (Phi) is 5.42. The normalized spacial score (nSPS) is 12.0. The molecule has 0 atom stereocenters. The van der Waals surface area contributed by atoms with Crippen molar-refractivity contribution >= 4 is 5.69 Å². The number of anilines is 1. The third-order valence-corrected chi connectivity index (χ3v) is 3.47. The largest absolute Gasteiger partial charge is 0.373 e. The van der Waals surface area contributed by atoms with Crippen molar-refractivity contribution in [2.45, 2.75) is 53.0 Å². The lowest BCUT2D eigenvalue weighted by molar-refractivity contribution is 0.586. The van der Waals surface area contributed by atoms with Gasteiger partial charge in [0, 0.05) is 31.9 Å². The number of rotatable bonds is 5. The summed E-state index contributed by atoms with van der Waals surface area (Å²) in [6.45, 7) is 15.4. The second-order valence-corrected chi connectivity index (χ2v) is 6.78. The van der Waals surface area contributed by atoms with Gasteiger partial charge in [0.15, 0.2) is 0 Å². The van der Waals surface area contributed by atoms with Gasteiger partial charge in [-0.2, -0.15) is 0 Å². The summed E-state index contributed by atoms with van der Waals surface area (Å²) in [6, 6.07) is 7.39. The molecule has 0 unspecified atom stereocenters. The van der Waals surface area contributed by atoms with Crippen LogP contribution < -0.4 is 10.2 Å². The van der Waals surface area contributed by atoms with Crippen molar-refractivity contribution in [3.63, 3.8) is 0 Å². The summed E-state index contributed by atoms with van der Waals surface area (Å²) in [7, 11) is 2.17. The van der Waals surface area contributed by atoms with E-state index in [0.717, 1.165) is 13.1 Å². The molecule has 1 aromatic rings. The first-order valence-electron chi connectivity index (χ1n) is 7.27. The van der Waals surface area contributed by atoms with Crippen LogP contribution >= 0.6 is 0 Å². The first-order chi connectivity index (χ1) is 8.71. The molecule has 0 heterocycles. The minimum atomic E-state index is 0.223. The highest BCUT2D eigenvalue weighted by Crippen LogP contribution is 2.27. The zero-order chi connectivity index (χ0) is 14.6. The Balaban J connectivity index is 2.73. The van der Waals surface area contributed by atoms with Crippen molar-refractivity contribution in [3.05, 3.63) is 29.3 Å². The Morgan fingerprint density at radius 1 is 1.21 bits per heavy atom. The maximum atomic E-state index is 3.46. The highest BCUT2D eigenvalue weighted by atomic mass is 15.1. The predicted molar refractivity (Wildman–Crippen MR) is 86.3 cm³/mol. The number of benzene rings is 1. The third-order valence-electron chi connectivity index (χ3n) is 3.47.